The predicted octanol–water partition coefficient (Wildman–Crippen LogP) is 6.37. The Bertz CT molecular complexity index is 1320. The number of aromatic nitrogens is 2. The summed E-state index contributed by atoms with van der Waals surface area (Å²) >= 11 is 0. The third kappa shape index (κ3) is 4.28. The summed E-state index contributed by atoms with van der Waals surface area (Å²) in [4.78, 5) is 13.6. The van der Waals surface area contributed by atoms with Crippen molar-refractivity contribution in [3.8, 4) is 0 Å². The van der Waals surface area contributed by atoms with Gasteiger partial charge in [0.25, 0.3) is 6.43 Å². The Hall–Kier alpha value is -3.37. The Morgan fingerprint density at radius 3 is 2.37 bits per heavy atom. The van der Waals surface area contributed by atoms with E-state index < -0.39 is 47.9 Å². The Morgan fingerprint density at radius 1 is 1.09 bits per heavy atom. The quantitative estimate of drug-likeness (QED) is 0.417. The van der Waals surface area contributed by atoms with E-state index in [1.165, 1.54) is 25.1 Å². The molecule has 1 aliphatic rings. The van der Waals surface area contributed by atoms with Crippen molar-refractivity contribution >= 4 is 28.2 Å². The zero-order valence-corrected chi connectivity index (χ0v) is 19.3. The smallest absolute Gasteiger partial charge is 0.361 e. The SMILES string of the molecule is Cc1nnc(NC(C)c2cccc(C(F)F)c2F)c2cc3c(cc12)C(C)(C)C(=O)N3CC(F)(F)F. The molecule has 0 aliphatic carbocycles. The van der Waals surface area contributed by atoms with Crippen molar-refractivity contribution in [1.82, 2.24) is 10.2 Å². The lowest BCUT2D eigenvalue weighted by molar-refractivity contribution is -0.134. The maximum atomic E-state index is 14.7. The van der Waals surface area contributed by atoms with E-state index in [2.05, 4.69) is 15.5 Å². The van der Waals surface area contributed by atoms with Crippen molar-refractivity contribution < 1.29 is 31.1 Å². The van der Waals surface area contributed by atoms with Crippen molar-refractivity contribution in [2.45, 2.75) is 51.8 Å². The van der Waals surface area contributed by atoms with Gasteiger partial charge in [-0.3, -0.25) is 4.79 Å². The van der Waals surface area contributed by atoms with Crippen LogP contribution in [0.15, 0.2) is 30.3 Å². The molecule has 0 saturated carbocycles. The van der Waals surface area contributed by atoms with Gasteiger partial charge in [0.05, 0.1) is 22.7 Å². The van der Waals surface area contributed by atoms with Gasteiger partial charge in [-0.25, -0.2) is 13.2 Å². The maximum absolute atomic E-state index is 14.7. The molecule has 1 aliphatic heterocycles. The second-order valence-electron chi connectivity index (χ2n) is 9.10. The number of aryl methyl sites for hydroxylation is 1. The minimum atomic E-state index is -4.61. The third-order valence-electron chi connectivity index (χ3n) is 6.28. The van der Waals surface area contributed by atoms with Crippen LogP contribution in [0.1, 0.15) is 55.6 Å². The Balaban J connectivity index is 1.83. The number of rotatable bonds is 5. The van der Waals surface area contributed by atoms with E-state index in [0.29, 0.717) is 26.9 Å². The van der Waals surface area contributed by atoms with Gasteiger partial charge in [-0.2, -0.15) is 18.3 Å². The molecule has 2 heterocycles. The first kappa shape index (κ1) is 24.7. The number of carbonyl (C=O) groups excluding carboxylic acids is 1. The highest BCUT2D eigenvalue weighted by Gasteiger charge is 2.48. The van der Waals surface area contributed by atoms with E-state index in [-0.39, 0.29) is 17.1 Å². The van der Waals surface area contributed by atoms with Crippen LogP contribution in [-0.2, 0) is 10.2 Å². The van der Waals surface area contributed by atoms with Gasteiger partial charge in [0.15, 0.2) is 5.82 Å². The Morgan fingerprint density at radius 2 is 1.74 bits per heavy atom. The monoisotopic (exact) mass is 496 g/mol. The zero-order chi connectivity index (χ0) is 25.9. The normalized spacial score (nSPS) is 16.2. The van der Waals surface area contributed by atoms with Crippen LogP contribution in [0.2, 0.25) is 0 Å². The summed E-state index contributed by atoms with van der Waals surface area (Å²) in [5.41, 5.74) is -0.968. The molecule has 1 atom stereocenters. The number of fused-ring (bicyclic) bond motifs is 2. The molecule has 35 heavy (non-hydrogen) atoms. The molecule has 4 rings (SSSR count). The molecular weight excluding hydrogens is 474 g/mol. The van der Waals surface area contributed by atoms with Gasteiger partial charge in [-0.05, 0) is 45.4 Å². The van der Waals surface area contributed by atoms with Crippen molar-refractivity contribution in [1.29, 1.82) is 0 Å². The fraction of sp³-hybridized carbons (Fsp3) is 0.375. The molecule has 0 saturated heterocycles. The van der Waals surface area contributed by atoms with Crippen LogP contribution in [0.5, 0.6) is 0 Å². The number of carbonyl (C=O) groups is 1. The topological polar surface area (TPSA) is 58.1 Å². The highest BCUT2D eigenvalue weighted by atomic mass is 19.4. The van der Waals surface area contributed by atoms with Crippen molar-refractivity contribution in [2.24, 2.45) is 0 Å². The minimum absolute atomic E-state index is 0.0329. The third-order valence-corrected chi connectivity index (χ3v) is 6.28. The fourth-order valence-electron chi connectivity index (χ4n) is 4.40. The molecule has 0 fully saturated rings. The number of nitrogens with zero attached hydrogens (tertiary/aromatic N) is 3. The van der Waals surface area contributed by atoms with Crippen LogP contribution in [0.3, 0.4) is 0 Å². The highest BCUT2D eigenvalue weighted by molar-refractivity contribution is 6.11. The number of alkyl halides is 5. The molecular formula is C24H22F6N4O. The number of nitrogens with one attached hydrogen (secondary N) is 1. The summed E-state index contributed by atoms with van der Waals surface area (Å²) in [5.74, 6) is -1.63. The summed E-state index contributed by atoms with van der Waals surface area (Å²) in [7, 11) is 0. The van der Waals surface area contributed by atoms with Gasteiger partial charge in [0.2, 0.25) is 5.91 Å². The predicted molar refractivity (Wildman–Crippen MR) is 119 cm³/mol. The largest absolute Gasteiger partial charge is 0.406 e. The molecule has 0 spiro atoms. The first-order chi connectivity index (χ1) is 16.2. The molecule has 186 valence electrons. The van der Waals surface area contributed by atoms with Crippen LogP contribution >= 0.6 is 0 Å². The molecule has 0 radical (unpaired) electrons. The zero-order valence-electron chi connectivity index (χ0n) is 19.3. The molecule has 3 aromatic rings. The average Bonchev–Trinajstić information content (AvgIpc) is 2.94. The summed E-state index contributed by atoms with van der Waals surface area (Å²) in [6.07, 6.45) is -7.61. The van der Waals surface area contributed by atoms with E-state index >= 15 is 0 Å². The van der Waals surface area contributed by atoms with Crippen LogP contribution in [0, 0.1) is 12.7 Å². The van der Waals surface area contributed by atoms with Crippen molar-refractivity contribution in [3.05, 3.63) is 58.5 Å². The van der Waals surface area contributed by atoms with E-state index in [9.17, 15) is 31.1 Å². The number of amides is 1. The lowest BCUT2D eigenvalue weighted by Gasteiger charge is -2.22. The van der Waals surface area contributed by atoms with Crippen molar-refractivity contribution in [3.63, 3.8) is 0 Å². The van der Waals surface area contributed by atoms with E-state index in [1.807, 2.05) is 0 Å². The van der Waals surface area contributed by atoms with Crippen LogP contribution < -0.4 is 10.2 Å². The molecule has 5 nitrogen and oxygen atoms in total. The number of halogens is 6. The number of benzene rings is 2. The Labute approximate surface area is 197 Å². The molecule has 0 bridgehead atoms. The van der Waals surface area contributed by atoms with Gasteiger partial charge in [0, 0.05) is 22.0 Å². The van der Waals surface area contributed by atoms with E-state index in [0.717, 1.165) is 6.07 Å². The lowest BCUT2D eigenvalue weighted by Crippen LogP contribution is -2.41. The summed E-state index contributed by atoms with van der Waals surface area (Å²) in [5, 5.41) is 12.0. The van der Waals surface area contributed by atoms with Gasteiger partial charge in [-0.1, -0.05) is 18.2 Å². The number of hydrogen-bond acceptors (Lipinski definition) is 4. The number of hydrogen-bond donors (Lipinski definition) is 1. The summed E-state index contributed by atoms with van der Waals surface area (Å²) in [6, 6.07) is 5.89. The molecule has 1 aromatic heterocycles. The van der Waals surface area contributed by atoms with Gasteiger partial charge < -0.3 is 10.2 Å². The average molecular weight is 496 g/mol. The standard InChI is InChI=1S/C24H22F6N4O/c1-11(13-6-5-7-14(19(13)25)20(26)27)31-21-16-9-18-17(8-15(16)12(2)32-33-21)23(3,4)22(35)34(18)10-24(28,29)30/h5-9,11,20H,10H2,1-4H3,(H,31,33). The highest BCUT2D eigenvalue weighted by Crippen LogP contribution is 2.46. The second-order valence-corrected chi connectivity index (χ2v) is 9.10. The second kappa shape index (κ2) is 8.39. The van der Waals surface area contributed by atoms with E-state index in [4.69, 9.17) is 0 Å². The molecule has 11 heteroatoms. The molecule has 1 unspecified atom stereocenters. The van der Waals surface area contributed by atoms with Crippen LogP contribution in [0.25, 0.3) is 10.8 Å². The summed E-state index contributed by atoms with van der Waals surface area (Å²) < 4.78 is 80.7. The minimum Gasteiger partial charge on any atom is -0.361 e. The number of anilines is 2. The van der Waals surface area contributed by atoms with Gasteiger partial charge in [-0.15, -0.1) is 5.10 Å². The summed E-state index contributed by atoms with van der Waals surface area (Å²) in [6.45, 7) is 4.87. The molecule has 1 amide bonds. The van der Waals surface area contributed by atoms with Gasteiger partial charge in [0.1, 0.15) is 12.4 Å². The lowest BCUT2D eigenvalue weighted by atomic mass is 9.85. The fourth-order valence-corrected chi connectivity index (χ4v) is 4.40. The van der Waals surface area contributed by atoms with Crippen molar-refractivity contribution in [2.75, 3.05) is 16.8 Å². The Kier molecular flexibility index (Phi) is 5.93. The van der Waals surface area contributed by atoms with Crippen LogP contribution in [-0.4, -0.2) is 28.8 Å². The molecule has 1 N–H and O–H groups in total. The van der Waals surface area contributed by atoms with Crippen LogP contribution in [0.4, 0.5) is 37.8 Å². The van der Waals surface area contributed by atoms with E-state index in [1.54, 1.807) is 26.8 Å². The molecule has 2 aromatic carbocycles. The van der Waals surface area contributed by atoms with Gasteiger partial charge >= 0.3 is 6.18 Å². The first-order valence-electron chi connectivity index (χ1n) is 10.8. The first-order valence-corrected chi connectivity index (χ1v) is 10.8. The maximum Gasteiger partial charge on any atom is 0.406 e.